The molecule has 0 radical (unpaired) electrons. The second-order valence-electron chi connectivity index (χ2n) is 7.36. The van der Waals surface area contributed by atoms with E-state index in [-0.39, 0.29) is 23.9 Å². The molecule has 0 bridgehead atoms. The summed E-state index contributed by atoms with van der Waals surface area (Å²) >= 11 is 0. The molecule has 2 aromatic carbocycles. The van der Waals surface area contributed by atoms with Gasteiger partial charge in [0.15, 0.2) is 11.5 Å². The number of carbonyl (C=O) groups excluding carboxylic acids is 2. The van der Waals surface area contributed by atoms with Crippen LogP contribution in [-0.4, -0.2) is 40.1 Å². The van der Waals surface area contributed by atoms with E-state index in [1.165, 1.54) is 17.0 Å². The Bertz CT molecular complexity index is 1010. The van der Waals surface area contributed by atoms with E-state index in [2.05, 4.69) is 6.92 Å². The second-order valence-corrected chi connectivity index (χ2v) is 7.36. The molecule has 1 unspecified atom stereocenters. The molecule has 4 rings (SSSR count). The lowest BCUT2D eigenvalue weighted by Gasteiger charge is -2.25. The summed E-state index contributed by atoms with van der Waals surface area (Å²) in [6.07, 6.45) is 2.65. The van der Waals surface area contributed by atoms with Gasteiger partial charge in [0, 0.05) is 12.1 Å². The third-order valence-corrected chi connectivity index (χ3v) is 5.40. The fourth-order valence-electron chi connectivity index (χ4n) is 3.85. The van der Waals surface area contributed by atoms with E-state index in [9.17, 15) is 19.8 Å². The van der Waals surface area contributed by atoms with E-state index in [4.69, 9.17) is 9.47 Å². The summed E-state index contributed by atoms with van der Waals surface area (Å²) in [5, 5.41) is 20.7. The van der Waals surface area contributed by atoms with Crippen molar-refractivity contribution in [2.75, 3.05) is 13.3 Å². The molecule has 2 heterocycles. The molecular formula is C23H23NO6. The standard InChI is InChI=1S/C23H23NO6/c1-2-3-4-11-24-20(14-5-8-16(25)9-6-14)19(22(27)23(24)28)21(26)15-7-10-17-18(12-15)30-13-29-17/h5-10,12,20,25-26H,2-4,11,13H2,1H3/b21-19-. The Morgan fingerprint density at radius 3 is 2.53 bits per heavy atom. The van der Waals surface area contributed by atoms with Gasteiger partial charge in [0.1, 0.15) is 11.5 Å². The van der Waals surface area contributed by atoms with Crippen LogP contribution in [0.15, 0.2) is 48.0 Å². The van der Waals surface area contributed by atoms with Gasteiger partial charge in [0.25, 0.3) is 11.7 Å². The maximum Gasteiger partial charge on any atom is 0.295 e. The van der Waals surface area contributed by atoms with E-state index in [1.54, 1.807) is 30.3 Å². The quantitative estimate of drug-likeness (QED) is 0.327. The normalized spacial score (nSPS) is 19.5. The minimum atomic E-state index is -0.729. The van der Waals surface area contributed by atoms with Crippen LogP contribution in [0.5, 0.6) is 17.2 Å². The first kappa shape index (κ1) is 19.8. The Morgan fingerprint density at radius 1 is 1.07 bits per heavy atom. The molecule has 2 aromatic rings. The lowest BCUT2D eigenvalue weighted by molar-refractivity contribution is -0.139. The average Bonchev–Trinajstić information content (AvgIpc) is 3.31. The number of likely N-dealkylation sites (tertiary alicyclic amines) is 1. The summed E-state index contributed by atoms with van der Waals surface area (Å²) in [5.41, 5.74) is 1.04. The summed E-state index contributed by atoms with van der Waals surface area (Å²) in [5.74, 6) is -0.509. The van der Waals surface area contributed by atoms with Crippen LogP contribution in [0, 0.1) is 0 Å². The van der Waals surface area contributed by atoms with Gasteiger partial charge in [-0.15, -0.1) is 0 Å². The number of rotatable bonds is 6. The number of amides is 1. The molecule has 7 nitrogen and oxygen atoms in total. The van der Waals surface area contributed by atoms with Gasteiger partial charge in [-0.05, 0) is 42.3 Å². The number of aromatic hydroxyl groups is 1. The number of carbonyl (C=O) groups is 2. The van der Waals surface area contributed by atoms with Crippen molar-refractivity contribution in [3.05, 3.63) is 59.2 Å². The first-order valence-electron chi connectivity index (χ1n) is 9.98. The summed E-state index contributed by atoms with van der Waals surface area (Å²) in [6.45, 7) is 2.56. The molecule has 2 aliphatic rings. The smallest absolute Gasteiger partial charge is 0.295 e. The molecule has 156 valence electrons. The summed E-state index contributed by atoms with van der Waals surface area (Å²) < 4.78 is 10.7. The molecule has 1 atom stereocenters. The van der Waals surface area contributed by atoms with Gasteiger partial charge in [0.2, 0.25) is 6.79 Å². The number of phenolic OH excluding ortho intramolecular Hbond substituents is 1. The summed E-state index contributed by atoms with van der Waals surface area (Å²) in [6, 6.07) is 10.5. The highest BCUT2D eigenvalue weighted by atomic mass is 16.7. The molecule has 0 saturated carbocycles. The molecular weight excluding hydrogens is 386 g/mol. The number of nitrogens with zero attached hydrogens (tertiary/aromatic N) is 1. The van der Waals surface area contributed by atoms with Crippen LogP contribution in [0.2, 0.25) is 0 Å². The lowest BCUT2D eigenvalue weighted by atomic mass is 9.95. The highest BCUT2D eigenvalue weighted by molar-refractivity contribution is 6.46. The van der Waals surface area contributed by atoms with Gasteiger partial charge in [0.05, 0.1) is 11.6 Å². The van der Waals surface area contributed by atoms with Crippen molar-refractivity contribution in [2.45, 2.75) is 32.2 Å². The topological polar surface area (TPSA) is 96.3 Å². The van der Waals surface area contributed by atoms with Gasteiger partial charge in [-0.25, -0.2) is 0 Å². The van der Waals surface area contributed by atoms with Crippen LogP contribution >= 0.6 is 0 Å². The van der Waals surface area contributed by atoms with Crippen LogP contribution in [0.3, 0.4) is 0 Å². The number of aliphatic hydroxyl groups excluding tert-OH is 1. The zero-order valence-corrected chi connectivity index (χ0v) is 16.6. The number of hydrogen-bond donors (Lipinski definition) is 2. The molecule has 0 spiro atoms. The molecule has 7 heteroatoms. The number of hydrogen-bond acceptors (Lipinski definition) is 6. The molecule has 2 N–H and O–H groups in total. The molecule has 1 fully saturated rings. The number of aliphatic hydroxyl groups is 1. The van der Waals surface area contributed by atoms with Crippen molar-refractivity contribution >= 4 is 17.4 Å². The van der Waals surface area contributed by atoms with Crippen LogP contribution in [0.25, 0.3) is 5.76 Å². The maximum absolute atomic E-state index is 12.9. The van der Waals surface area contributed by atoms with E-state index >= 15 is 0 Å². The number of phenols is 1. The van der Waals surface area contributed by atoms with Gasteiger partial charge in [-0.3, -0.25) is 9.59 Å². The number of Topliss-reactive ketones (excluding diaryl/α,β-unsaturated/α-hetero) is 1. The van der Waals surface area contributed by atoms with Crippen LogP contribution in [0.4, 0.5) is 0 Å². The van der Waals surface area contributed by atoms with Crippen molar-refractivity contribution in [1.82, 2.24) is 4.90 Å². The van der Waals surface area contributed by atoms with Crippen LogP contribution in [-0.2, 0) is 9.59 Å². The molecule has 30 heavy (non-hydrogen) atoms. The van der Waals surface area contributed by atoms with Crippen molar-refractivity contribution in [3.63, 3.8) is 0 Å². The SMILES string of the molecule is CCCCCN1C(=O)C(=O)/C(=C(\O)c2ccc3c(c2)OCO3)C1c1ccc(O)cc1. The third-order valence-electron chi connectivity index (χ3n) is 5.40. The van der Waals surface area contributed by atoms with Gasteiger partial charge < -0.3 is 24.6 Å². The zero-order valence-electron chi connectivity index (χ0n) is 16.6. The number of unbranched alkanes of at least 4 members (excludes halogenated alkanes) is 2. The Hall–Kier alpha value is -3.48. The number of ether oxygens (including phenoxy) is 2. The fraction of sp³-hybridized carbons (Fsp3) is 0.304. The van der Waals surface area contributed by atoms with Gasteiger partial charge in [-0.2, -0.15) is 0 Å². The predicted octanol–water partition coefficient (Wildman–Crippen LogP) is 3.73. The van der Waals surface area contributed by atoms with Crippen molar-refractivity contribution in [3.8, 4) is 17.2 Å². The largest absolute Gasteiger partial charge is 0.508 e. The summed E-state index contributed by atoms with van der Waals surface area (Å²) in [7, 11) is 0. The Labute approximate surface area is 174 Å². The van der Waals surface area contributed by atoms with Crippen molar-refractivity contribution in [2.24, 2.45) is 0 Å². The number of fused-ring (bicyclic) bond motifs is 1. The molecule has 1 amide bonds. The minimum absolute atomic E-state index is 0.0288. The monoisotopic (exact) mass is 409 g/mol. The minimum Gasteiger partial charge on any atom is -0.508 e. The molecule has 0 aliphatic carbocycles. The summed E-state index contributed by atoms with van der Waals surface area (Å²) in [4.78, 5) is 27.3. The Morgan fingerprint density at radius 2 is 1.80 bits per heavy atom. The van der Waals surface area contributed by atoms with Crippen LogP contribution < -0.4 is 9.47 Å². The number of benzene rings is 2. The Kier molecular flexibility index (Phi) is 5.35. The van der Waals surface area contributed by atoms with E-state index < -0.39 is 17.7 Å². The Balaban J connectivity index is 1.80. The van der Waals surface area contributed by atoms with Crippen molar-refractivity contribution < 1.29 is 29.3 Å². The first-order valence-corrected chi connectivity index (χ1v) is 9.98. The van der Waals surface area contributed by atoms with Gasteiger partial charge >= 0.3 is 0 Å². The number of ketones is 1. The van der Waals surface area contributed by atoms with E-state index in [0.29, 0.717) is 29.2 Å². The first-order chi connectivity index (χ1) is 14.5. The molecule has 1 saturated heterocycles. The van der Waals surface area contributed by atoms with Gasteiger partial charge in [-0.1, -0.05) is 31.9 Å². The second kappa shape index (κ2) is 8.10. The zero-order chi connectivity index (χ0) is 21.3. The van der Waals surface area contributed by atoms with Crippen molar-refractivity contribution in [1.29, 1.82) is 0 Å². The highest BCUT2D eigenvalue weighted by Crippen LogP contribution is 2.41. The fourth-order valence-corrected chi connectivity index (χ4v) is 3.85. The van der Waals surface area contributed by atoms with E-state index in [0.717, 1.165) is 19.3 Å². The average molecular weight is 409 g/mol. The highest BCUT2D eigenvalue weighted by Gasteiger charge is 2.45. The predicted molar refractivity (Wildman–Crippen MR) is 109 cm³/mol. The lowest BCUT2D eigenvalue weighted by Crippen LogP contribution is -2.30. The molecule has 2 aliphatic heterocycles. The third kappa shape index (κ3) is 3.47. The molecule has 0 aromatic heterocycles. The van der Waals surface area contributed by atoms with Crippen LogP contribution in [0.1, 0.15) is 43.4 Å². The maximum atomic E-state index is 12.9. The van der Waals surface area contributed by atoms with E-state index in [1.807, 2.05) is 0 Å².